The lowest BCUT2D eigenvalue weighted by molar-refractivity contribution is -0.0393. The SMILES string of the molecule is CCOC(C(NC)c1ccco1)C(C)(C)C. The van der Waals surface area contributed by atoms with Crippen molar-refractivity contribution in [2.24, 2.45) is 5.41 Å². The predicted octanol–water partition coefficient (Wildman–Crippen LogP) is 2.99. The van der Waals surface area contributed by atoms with Crippen molar-refractivity contribution in [1.82, 2.24) is 5.32 Å². The lowest BCUT2D eigenvalue weighted by Crippen LogP contribution is -2.40. The molecule has 0 spiro atoms. The second-order valence-electron chi connectivity index (χ2n) is 5.02. The van der Waals surface area contributed by atoms with Gasteiger partial charge in [0.15, 0.2) is 0 Å². The van der Waals surface area contributed by atoms with Crippen molar-refractivity contribution in [3.63, 3.8) is 0 Å². The molecule has 0 saturated carbocycles. The van der Waals surface area contributed by atoms with E-state index in [1.54, 1.807) is 6.26 Å². The van der Waals surface area contributed by atoms with Crippen molar-refractivity contribution < 1.29 is 9.15 Å². The summed E-state index contributed by atoms with van der Waals surface area (Å²) in [5, 5.41) is 3.28. The maximum absolute atomic E-state index is 5.86. The van der Waals surface area contributed by atoms with Crippen LogP contribution in [-0.2, 0) is 4.74 Å². The summed E-state index contributed by atoms with van der Waals surface area (Å²) in [6.07, 6.45) is 1.79. The van der Waals surface area contributed by atoms with Gasteiger partial charge < -0.3 is 14.5 Å². The zero-order valence-corrected chi connectivity index (χ0v) is 10.9. The Hall–Kier alpha value is -0.800. The molecular weight excluding hydrogens is 202 g/mol. The quantitative estimate of drug-likeness (QED) is 0.836. The van der Waals surface area contributed by atoms with Crippen molar-refractivity contribution in [1.29, 1.82) is 0 Å². The Morgan fingerprint density at radius 2 is 2.12 bits per heavy atom. The first-order valence-corrected chi connectivity index (χ1v) is 5.83. The largest absolute Gasteiger partial charge is 0.468 e. The van der Waals surface area contributed by atoms with E-state index in [-0.39, 0.29) is 17.6 Å². The Morgan fingerprint density at radius 1 is 1.44 bits per heavy atom. The first-order valence-electron chi connectivity index (χ1n) is 5.83. The summed E-state index contributed by atoms with van der Waals surface area (Å²) in [4.78, 5) is 0. The number of likely N-dealkylation sites (N-methyl/N-ethyl adjacent to an activating group) is 1. The molecule has 0 bridgehead atoms. The molecule has 1 rings (SSSR count). The molecule has 0 aromatic carbocycles. The minimum atomic E-state index is 0.0659. The van der Waals surface area contributed by atoms with Crippen molar-refractivity contribution >= 4 is 0 Å². The molecule has 1 heterocycles. The topological polar surface area (TPSA) is 34.4 Å². The summed E-state index contributed by atoms with van der Waals surface area (Å²) in [6.45, 7) is 9.27. The van der Waals surface area contributed by atoms with Crippen LogP contribution in [0.3, 0.4) is 0 Å². The van der Waals surface area contributed by atoms with Crippen LogP contribution in [-0.4, -0.2) is 19.8 Å². The van der Waals surface area contributed by atoms with Crippen LogP contribution in [0.5, 0.6) is 0 Å². The van der Waals surface area contributed by atoms with Crippen LogP contribution in [0.2, 0.25) is 0 Å². The van der Waals surface area contributed by atoms with Gasteiger partial charge in [0.05, 0.1) is 18.4 Å². The van der Waals surface area contributed by atoms with Crippen LogP contribution in [0.4, 0.5) is 0 Å². The Labute approximate surface area is 98.2 Å². The molecule has 16 heavy (non-hydrogen) atoms. The monoisotopic (exact) mass is 225 g/mol. The second kappa shape index (κ2) is 5.51. The summed E-state index contributed by atoms with van der Waals surface area (Å²) in [6, 6.07) is 3.99. The lowest BCUT2D eigenvalue weighted by atomic mass is 9.83. The molecule has 1 N–H and O–H groups in total. The molecule has 0 aliphatic heterocycles. The number of rotatable bonds is 5. The molecule has 3 heteroatoms. The number of furan rings is 1. The number of ether oxygens (including phenoxy) is 1. The van der Waals surface area contributed by atoms with Crippen LogP contribution in [0.1, 0.15) is 39.5 Å². The third kappa shape index (κ3) is 3.09. The average Bonchev–Trinajstić information content (AvgIpc) is 2.69. The fraction of sp³-hybridized carbons (Fsp3) is 0.692. The minimum Gasteiger partial charge on any atom is -0.468 e. The van der Waals surface area contributed by atoms with E-state index < -0.39 is 0 Å². The van der Waals surface area contributed by atoms with Crippen LogP contribution in [0, 0.1) is 5.41 Å². The maximum Gasteiger partial charge on any atom is 0.123 e. The van der Waals surface area contributed by atoms with E-state index in [1.165, 1.54) is 0 Å². The van der Waals surface area contributed by atoms with Gasteiger partial charge in [0.2, 0.25) is 0 Å². The predicted molar refractivity (Wildman–Crippen MR) is 65.4 cm³/mol. The minimum absolute atomic E-state index is 0.0659. The van der Waals surface area contributed by atoms with Crippen LogP contribution >= 0.6 is 0 Å². The van der Waals surface area contributed by atoms with Crippen molar-refractivity contribution in [3.05, 3.63) is 24.2 Å². The first-order chi connectivity index (χ1) is 7.50. The fourth-order valence-electron chi connectivity index (χ4n) is 1.94. The summed E-state index contributed by atoms with van der Waals surface area (Å²) in [5.74, 6) is 0.927. The van der Waals surface area contributed by atoms with Gasteiger partial charge in [-0.2, -0.15) is 0 Å². The number of hydrogen-bond donors (Lipinski definition) is 1. The Kier molecular flexibility index (Phi) is 4.56. The van der Waals surface area contributed by atoms with Gasteiger partial charge >= 0.3 is 0 Å². The summed E-state index contributed by atoms with van der Waals surface area (Å²) >= 11 is 0. The van der Waals surface area contributed by atoms with E-state index in [1.807, 2.05) is 26.1 Å². The summed E-state index contributed by atoms with van der Waals surface area (Å²) < 4.78 is 11.3. The molecule has 0 saturated heterocycles. The van der Waals surface area contributed by atoms with Crippen molar-refractivity contribution in [2.45, 2.75) is 39.8 Å². The zero-order valence-electron chi connectivity index (χ0n) is 10.9. The van der Waals surface area contributed by atoms with E-state index in [4.69, 9.17) is 9.15 Å². The van der Waals surface area contributed by atoms with E-state index in [0.29, 0.717) is 6.61 Å². The Balaban J connectivity index is 2.90. The third-order valence-electron chi connectivity index (χ3n) is 2.66. The Morgan fingerprint density at radius 3 is 2.50 bits per heavy atom. The molecule has 3 nitrogen and oxygen atoms in total. The van der Waals surface area contributed by atoms with Gasteiger partial charge in [-0.05, 0) is 31.5 Å². The molecule has 92 valence electrons. The van der Waals surface area contributed by atoms with Gasteiger partial charge in [0.25, 0.3) is 0 Å². The van der Waals surface area contributed by atoms with E-state index >= 15 is 0 Å². The molecule has 0 aliphatic carbocycles. The average molecular weight is 225 g/mol. The highest BCUT2D eigenvalue weighted by Crippen LogP contribution is 2.32. The maximum atomic E-state index is 5.86. The lowest BCUT2D eigenvalue weighted by Gasteiger charge is -2.35. The summed E-state index contributed by atoms with van der Waals surface area (Å²) in [7, 11) is 1.94. The number of hydrogen-bond acceptors (Lipinski definition) is 3. The van der Waals surface area contributed by atoms with Gasteiger partial charge in [0.1, 0.15) is 5.76 Å². The molecule has 2 atom stereocenters. The molecule has 0 amide bonds. The highest BCUT2D eigenvalue weighted by atomic mass is 16.5. The molecule has 1 aromatic rings. The highest BCUT2D eigenvalue weighted by Gasteiger charge is 2.34. The van der Waals surface area contributed by atoms with Crippen molar-refractivity contribution in [2.75, 3.05) is 13.7 Å². The van der Waals surface area contributed by atoms with Gasteiger partial charge in [-0.25, -0.2) is 0 Å². The zero-order chi connectivity index (χ0) is 12.2. The molecule has 0 fully saturated rings. The standard InChI is InChI=1S/C13H23NO2/c1-6-15-12(13(2,3)4)11(14-5)10-8-7-9-16-10/h7-9,11-12,14H,6H2,1-5H3. The van der Waals surface area contributed by atoms with Crippen molar-refractivity contribution in [3.8, 4) is 0 Å². The molecule has 2 unspecified atom stereocenters. The highest BCUT2D eigenvalue weighted by molar-refractivity contribution is 5.08. The van der Waals surface area contributed by atoms with Gasteiger partial charge in [-0.3, -0.25) is 0 Å². The molecule has 0 aliphatic rings. The molecule has 1 aromatic heterocycles. The fourth-order valence-corrected chi connectivity index (χ4v) is 1.94. The van der Waals surface area contributed by atoms with E-state index in [9.17, 15) is 0 Å². The second-order valence-corrected chi connectivity index (χ2v) is 5.02. The van der Waals surface area contributed by atoms with Crippen LogP contribution in [0.15, 0.2) is 22.8 Å². The number of nitrogens with one attached hydrogen (secondary N) is 1. The van der Waals surface area contributed by atoms with Crippen LogP contribution < -0.4 is 5.32 Å². The smallest absolute Gasteiger partial charge is 0.123 e. The normalized spacial score (nSPS) is 16.1. The van der Waals surface area contributed by atoms with Gasteiger partial charge in [-0.15, -0.1) is 0 Å². The summed E-state index contributed by atoms with van der Waals surface area (Å²) in [5.41, 5.74) is 0.0659. The third-order valence-corrected chi connectivity index (χ3v) is 2.66. The van der Waals surface area contributed by atoms with Gasteiger partial charge in [-0.1, -0.05) is 20.8 Å². The van der Waals surface area contributed by atoms with E-state index in [0.717, 1.165) is 5.76 Å². The first kappa shape index (κ1) is 13.3. The van der Waals surface area contributed by atoms with Crippen LogP contribution in [0.25, 0.3) is 0 Å². The Bertz CT molecular complexity index is 287. The molecular formula is C13H23NO2. The van der Waals surface area contributed by atoms with Gasteiger partial charge in [0, 0.05) is 6.61 Å². The molecule has 0 radical (unpaired) electrons. The van der Waals surface area contributed by atoms with E-state index in [2.05, 4.69) is 26.1 Å².